The summed E-state index contributed by atoms with van der Waals surface area (Å²) in [4.78, 5) is 15.7. The van der Waals surface area contributed by atoms with E-state index < -0.39 is 0 Å². The summed E-state index contributed by atoms with van der Waals surface area (Å²) < 4.78 is 0. The van der Waals surface area contributed by atoms with E-state index in [2.05, 4.69) is 49.1 Å². The number of ketones is 1. The first-order valence-electron chi connectivity index (χ1n) is 8.57. The minimum Gasteiger partial charge on any atom is -0.297 e. The zero-order valence-corrected chi connectivity index (χ0v) is 13.3. The molecule has 1 aromatic carbocycles. The number of Topliss-reactive ketones (excluding diaryl/α,β-unsaturated/α-hetero) is 1. The Morgan fingerprint density at radius 1 is 1.14 bits per heavy atom. The molecule has 0 radical (unpaired) electrons. The van der Waals surface area contributed by atoms with Crippen LogP contribution in [0.2, 0.25) is 0 Å². The molecular formula is C19H27NO. The summed E-state index contributed by atoms with van der Waals surface area (Å²) >= 11 is 0. The summed E-state index contributed by atoms with van der Waals surface area (Å²) in [6, 6.07) is 10.6. The fraction of sp³-hybridized carbons (Fsp3) is 0.632. The van der Waals surface area contributed by atoms with Crippen LogP contribution < -0.4 is 0 Å². The molecule has 2 aliphatic rings. The second-order valence-corrected chi connectivity index (χ2v) is 6.63. The van der Waals surface area contributed by atoms with E-state index in [0.717, 1.165) is 32.4 Å². The van der Waals surface area contributed by atoms with Crippen LogP contribution in [0.15, 0.2) is 30.3 Å². The van der Waals surface area contributed by atoms with Crippen molar-refractivity contribution in [2.24, 2.45) is 5.92 Å². The summed E-state index contributed by atoms with van der Waals surface area (Å²) in [7, 11) is 0. The van der Waals surface area contributed by atoms with Crippen LogP contribution in [0.25, 0.3) is 0 Å². The maximum absolute atomic E-state index is 13.2. The van der Waals surface area contributed by atoms with Crippen LogP contribution in [0, 0.1) is 5.92 Å². The molecule has 0 saturated heterocycles. The van der Waals surface area contributed by atoms with Crippen molar-refractivity contribution >= 4 is 5.78 Å². The lowest BCUT2D eigenvalue weighted by Gasteiger charge is -2.39. The van der Waals surface area contributed by atoms with E-state index in [1.165, 1.54) is 18.4 Å². The smallest absolute Gasteiger partial charge is 0.156 e. The normalized spacial score (nSPS) is 27.0. The number of rotatable bonds is 6. The van der Waals surface area contributed by atoms with Crippen LogP contribution >= 0.6 is 0 Å². The summed E-state index contributed by atoms with van der Waals surface area (Å²) in [6.07, 6.45) is 5.64. The van der Waals surface area contributed by atoms with E-state index in [1.54, 1.807) is 0 Å². The van der Waals surface area contributed by atoms with Gasteiger partial charge < -0.3 is 0 Å². The molecule has 0 amide bonds. The number of benzene rings is 1. The lowest BCUT2D eigenvalue weighted by Crippen LogP contribution is -2.53. The number of carbonyl (C=O) groups is 1. The van der Waals surface area contributed by atoms with Gasteiger partial charge in [0.25, 0.3) is 0 Å². The average Bonchev–Trinajstić information content (AvgIpc) is 3.18. The van der Waals surface area contributed by atoms with Crippen LogP contribution in [0.3, 0.4) is 0 Å². The van der Waals surface area contributed by atoms with E-state index in [0.29, 0.717) is 11.7 Å². The fourth-order valence-electron chi connectivity index (χ4n) is 4.41. The maximum Gasteiger partial charge on any atom is 0.156 e. The Bertz CT molecular complexity index is 486. The molecule has 0 aliphatic heterocycles. The van der Waals surface area contributed by atoms with Crippen molar-refractivity contribution in [1.82, 2.24) is 4.90 Å². The quantitative estimate of drug-likeness (QED) is 0.787. The number of nitrogens with zero attached hydrogens (tertiary/aromatic N) is 1. The molecule has 21 heavy (non-hydrogen) atoms. The third-order valence-electron chi connectivity index (χ3n) is 5.61. The van der Waals surface area contributed by atoms with Crippen LogP contribution in [0.5, 0.6) is 0 Å². The Balaban J connectivity index is 1.78. The van der Waals surface area contributed by atoms with Gasteiger partial charge in [0.05, 0.1) is 5.54 Å². The van der Waals surface area contributed by atoms with Gasteiger partial charge in [-0.3, -0.25) is 9.69 Å². The van der Waals surface area contributed by atoms with Crippen molar-refractivity contribution in [3.63, 3.8) is 0 Å². The van der Waals surface area contributed by atoms with E-state index in [9.17, 15) is 4.79 Å². The Morgan fingerprint density at radius 3 is 2.33 bits per heavy atom. The van der Waals surface area contributed by atoms with Crippen LogP contribution in [-0.2, 0) is 4.79 Å². The zero-order chi connectivity index (χ0) is 14.9. The molecule has 2 saturated carbocycles. The van der Waals surface area contributed by atoms with Gasteiger partial charge in [-0.25, -0.2) is 0 Å². The second-order valence-electron chi connectivity index (χ2n) is 6.63. The number of hydrogen-bond donors (Lipinski definition) is 0. The first kappa shape index (κ1) is 14.8. The maximum atomic E-state index is 13.2. The average molecular weight is 285 g/mol. The van der Waals surface area contributed by atoms with Gasteiger partial charge in [-0.05, 0) is 43.8 Å². The summed E-state index contributed by atoms with van der Waals surface area (Å²) in [5, 5.41) is 0. The molecule has 0 bridgehead atoms. The summed E-state index contributed by atoms with van der Waals surface area (Å²) in [5.74, 6) is 1.29. The Hall–Kier alpha value is -1.15. The molecule has 0 aromatic heterocycles. The predicted octanol–water partition coefficient (Wildman–Crippen LogP) is 4.01. The van der Waals surface area contributed by atoms with Crippen molar-refractivity contribution in [3.05, 3.63) is 35.9 Å². The Labute approximate surface area is 128 Å². The van der Waals surface area contributed by atoms with Crippen molar-refractivity contribution in [1.29, 1.82) is 0 Å². The Morgan fingerprint density at radius 2 is 1.76 bits per heavy atom. The predicted molar refractivity (Wildman–Crippen MR) is 86.4 cm³/mol. The third kappa shape index (κ3) is 2.55. The second kappa shape index (κ2) is 5.92. The molecule has 2 aliphatic carbocycles. The van der Waals surface area contributed by atoms with Gasteiger partial charge in [0, 0.05) is 5.92 Å². The molecule has 0 spiro atoms. The van der Waals surface area contributed by atoms with Gasteiger partial charge >= 0.3 is 0 Å². The van der Waals surface area contributed by atoms with E-state index in [4.69, 9.17) is 0 Å². The van der Waals surface area contributed by atoms with Gasteiger partial charge in [-0.1, -0.05) is 57.0 Å². The summed E-state index contributed by atoms with van der Waals surface area (Å²) in [6.45, 7) is 6.37. The lowest BCUT2D eigenvalue weighted by atomic mass is 9.85. The first-order chi connectivity index (χ1) is 10.2. The number of likely N-dealkylation sites (N-methyl/N-ethyl adjacent to an activating group) is 1. The monoisotopic (exact) mass is 285 g/mol. The Kier molecular flexibility index (Phi) is 4.17. The topological polar surface area (TPSA) is 20.3 Å². The molecule has 1 aromatic rings. The highest BCUT2D eigenvalue weighted by atomic mass is 16.1. The van der Waals surface area contributed by atoms with Gasteiger partial charge in [0.1, 0.15) is 0 Å². The van der Waals surface area contributed by atoms with E-state index >= 15 is 0 Å². The molecule has 2 heteroatoms. The van der Waals surface area contributed by atoms with Crippen LogP contribution in [0.4, 0.5) is 0 Å². The van der Waals surface area contributed by atoms with Crippen molar-refractivity contribution < 1.29 is 4.79 Å². The molecule has 114 valence electrons. The fourth-order valence-corrected chi connectivity index (χ4v) is 4.41. The van der Waals surface area contributed by atoms with Crippen molar-refractivity contribution in [2.45, 2.75) is 57.4 Å². The molecule has 2 unspecified atom stereocenters. The largest absolute Gasteiger partial charge is 0.297 e. The van der Waals surface area contributed by atoms with Crippen molar-refractivity contribution in [3.8, 4) is 0 Å². The van der Waals surface area contributed by atoms with Crippen LogP contribution in [-0.4, -0.2) is 29.3 Å². The molecule has 0 heterocycles. The van der Waals surface area contributed by atoms with Crippen molar-refractivity contribution in [2.75, 3.05) is 13.1 Å². The van der Waals surface area contributed by atoms with E-state index in [-0.39, 0.29) is 11.5 Å². The third-order valence-corrected chi connectivity index (χ3v) is 5.61. The standard InChI is InChI=1S/C19H27NO/c1-3-20(4-2)19(12-8-9-13-19)18(21)17-14-16(17)15-10-6-5-7-11-15/h5-7,10-11,16-17H,3-4,8-9,12-14H2,1-2H3. The lowest BCUT2D eigenvalue weighted by molar-refractivity contribution is -0.132. The SMILES string of the molecule is CCN(CC)C1(C(=O)C2CC2c2ccccc2)CCCC1. The highest BCUT2D eigenvalue weighted by Crippen LogP contribution is 2.52. The molecule has 2 fully saturated rings. The minimum absolute atomic E-state index is 0.141. The molecular weight excluding hydrogens is 258 g/mol. The number of hydrogen-bond acceptors (Lipinski definition) is 2. The van der Waals surface area contributed by atoms with Gasteiger partial charge in [-0.2, -0.15) is 0 Å². The van der Waals surface area contributed by atoms with Gasteiger partial charge in [0.2, 0.25) is 0 Å². The highest BCUT2D eigenvalue weighted by molar-refractivity contribution is 5.93. The van der Waals surface area contributed by atoms with Gasteiger partial charge in [0.15, 0.2) is 5.78 Å². The minimum atomic E-state index is -0.141. The first-order valence-corrected chi connectivity index (χ1v) is 8.57. The van der Waals surface area contributed by atoms with E-state index in [1.807, 2.05) is 0 Å². The summed E-state index contributed by atoms with van der Waals surface area (Å²) in [5.41, 5.74) is 1.21. The molecule has 2 atom stereocenters. The van der Waals surface area contributed by atoms with Crippen LogP contribution in [0.1, 0.15) is 57.4 Å². The zero-order valence-electron chi connectivity index (χ0n) is 13.3. The molecule has 2 nitrogen and oxygen atoms in total. The molecule has 0 N–H and O–H groups in total. The molecule has 3 rings (SSSR count). The number of carbonyl (C=O) groups excluding carboxylic acids is 1. The van der Waals surface area contributed by atoms with Gasteiger partial charge in [-0.15, -0.1) is 0 Å². The highest BCUT2D eigenvalue weighted by Gasteiger charge is 2.54.